The molecule has 0 unspecified atom stereocenters. The van der Waals surface area contributed by atoms with Gasteiger partial charge in [0.05, 0.1) is 6.61 Å². The van der Waals surface area contributed by atoms with E-state index in [1.165, 1.54) is 12.8 Å². The summed E-state index contributed by atoms with van der Waals surface area (Å²) in [5, 5.41) is 0. The van der Waals surface area contributed by atoms with E-state index in [0.717, 1.165) is 25.7 Å². The first-order valence-electron chi connectivity index (χ1n) is 4.18. The van der Waals surface area contributed by atoms with Crippen LogP contribution in [0.3, 0.4) is 0 Å². The largest absolute Gasteiger partial charge is 0.380 e. The molecule has 0 amide bonds. The van der Waals surface area contributed by atoms with Crippen LogP contribution in [0.2, 0.25) is 0 Å². The van der Waals surface area contributed by atoms with E-state index in [2.05, 4.69) is 40.2 Å². The molecule has 2 nitrogen and oxygen atoms in total. The number of hydrogen-bond donors (Lipinski definition) is 1. The summed E-state index contributed by atoms with van der Waals surface area (Å²) in [6.45, 7) is 7.18. The van der Waals surface area contributed by atoms with E-state index in [9.17, 15) is 0 Å². The Balaban J connectivity index is 2.80. The highest BCUT2D eigenvalue weighted by molar-refractivity contribution is 14.1. The highest BCUT2D eigenvalue weighted by Gasteiger charge is 1.93. The summed E-state index contributed by atoms with van der Waals surface area (Å²) in [4.78, 5) is 0. The van der Waals surface area contributed by atoms with Gasteiger partial charge < -0.3 is 4.74 Å². The van der Waals surface area contributed by atoms with Crippen LogP contribution in [0, 0.1) is 5.92 Å². The average molecular weight is 271 g/mol. The smallest absolute Gasteiger partial charge is 0.0599 e. The SMILES string of the molecule is CC(C)CCCOCCNI. The second-order valence-corrected chi connectivity index (χ2v) is 3.79. The number of ether oxygens (including phenoxy) is 1. The van der Waals surface area contributed by atoms with E-state index < -0.39 is 0 Å². The topological polar surface area (TPSA) is 21.3 Å². The van der Waals surface area contributed by atoms with Crippen LogP contribution in [-0.4, -0.2) is 19.8 Å². The minimum absolute atomic E-state index is 0.807. The molecule has 11 heavy (non-hydrogen) atoms. The monoisotopic (exact) mass is 271 g/mol. The molecule has 68 valence electrons. The molecule has 0 radical (unpaired) electrons. The normalized spacial score (nSPS) is 10.9. The summed E-state index contributed by atoms with van der Waals surface area (Å²) in [5.74, 6) is 0.807. The van der Waals surface area contributed by atoms with E-state index in [-0.39, 0.29) is 0 Å². The second kappa shape index (κ2) is 8.74. The van der Waals surface area contributed by atoms with E-state index in [1.807, 2.05) is 0 Å². The molecule has 0 rings (SSSR count). The number of rotatable bonds is 7. The van der Waals surface area contributed by atoms with Gasteiger partial charge in [-0.1, -0.05) is 13.8 Å². The molecule has 1 N–H and O–H groups in total. The summed E-state index contributed by atoms with van der Waals surface area (Å²) < 4.78 is 8.37. The Morgan fingerprint density at radius 1 is 1.36 bits per heavy atom. The van der Waals surface area contributed by atoms with Crippen molar-refractivity contribution < 1.29 is 4.74 Å². The van der Waals surface area contributed by atoms with Crippen LogP contribution >= 0.6 is 22.9 Å². The Morgan fingerprint density at radius 3 is 2.64 bits per heavy atom. The number of nitrogens with one attached hydrogen (secondary N) is 1. The van der Waals surface area contributed by atoms with Crippen molar-refractivity contribution in [1.82, 2.24) is 3.53 Å². The first-order valence-corrected chi connectivity index (χ1v) is 5.26. The van der Waals surface area contributed by atoms with Crippen molar-refractivity contribution in [3.63, 3.8) is 0 Å². The predicted molar refractivity (Wildman–Crippen MR) is 56.9 cm³/mol. The molecule has 0 aliphatic carbocycles. The Kier molecular flexibility index (Phi) is 9.26. The van der Waals surface area contributed by atoms with Crippen LogP contribution in [0.15, 0.2) is 0 Å². The van der Waals surface area contributed by atoms with Gasteiger partial charge in [-0.3, -0.25) is 3.53 Å². The molecule has 0 aliphatic rings. The molecule has 0 atom stereocenters. The molecular weight excluding hydrogens is 253 g/mol. The molecule has 0 bridgehead atoms. The maximum atomic E-state index is 5.36. The Morgan fingerprint density at radius 2 is 2.09 bits per heavy atom. The highest BCUT2D eigenvalue weighted by atomic mass is 127. The summed E-state index contributed by atoms with van der Waals surface area (Å²) in [5.41, 5.74) is 0. The molecule has 0 aliphatic heterocycles. The van der Waals surface area contributed by atoms with E-state index in [0.29, 0.717) is 0 Å². The zero-order valence-corrected chi connectivity index (χ0v) is 9.56. The zero-order chi connectivity index (χ0) is 8.53. The standard InChI is InChI=1S/C8H18INO/c1-8(2)4-3-6-11-7-5-10-9/h8,10H,3-7H2,1-2H3. The van der Waals surface area contributed by atoms with Crippen molar-refractivity contribution in [3.05, 3.63) is 0 Å². The lowest BCUT2D eigenvalue weighted by Crippen LogP contribution is -2.09. The van der Waals surface area contributed by atoms with Crippen LogP contribution in [-0.2, 0) is 4.74 Å². The minimum Gasteiger partial charge on any atom is -0.380 e. The molecule has 0 spiro atoms. The van der Waals surface area contributed by atoms with Crippen LogP contribution < -0.4 is 3.53 Å². The molecule has 0 saturated heterocycles. The van der Waals surface area contributed by atoms with Crippen molar-refractivity contribution in [1.29, 1.82) is 0 Å². The van der Waals surface area contributed by atoms with Crippen molar-refractivity contribution in [3.8, 4) is 0 Å². The fourth-order valence-electron chi connectivity index (χ4n) is 0.806. The van der Waals surface area contributed by atoms with Crippen molar-refractivity contribution in [2.75, 3.05) is 19.8 Å². The van der Waals surface area contributed by atoms with Gasteiger partial charge in [0, 0.05) is 36.0 Å². The highest BCUT2D eigenvalue weighted by Crippen LogP contribution is 2.02. The molecule has 0 aromatic heterocycles. The summed E-state index contributed by atoms with van der Waals surface area (Å²) in [6.07, 6.45) is 2.47. The van der Waals surface area contributed by atoms with Crippen molar-refractivity contribution >= 4 is 22.9 Å². The van der Waals surface area contributed by atoms with Gasteiger partial charge in [0.1, 0.15) is 0 Å². The maximum Gasteiger partial charge on any atom is 0.0599 e. The Bertz CT molecular complexity index is 78.5. The first-order chi connectivity index (χ1) is 5.27. The van der Waals surface area contributed by atoms with Gasteiger partial charge in [-0.05, 0) is 18.8 Å². The molecule has 0 aromatic rings. The maximum absolute atomic E-state index is 5.36. The quantitative estimate of drug-likeness (QED) is 0.436. The van der Waals surface area contributed by atoms with E-state index in [4.69, 9.17) is 4.74 Å². The lowest BCUT2D eigenvalue weighted by atomic mass is 10.1. The molecule has 0 fully saturated rings. The second-order valence-electron chi connectivity index (χ2n) is 3.03. The molecule has 0 heterocycles. The molecular formula is C8H18INO. The Hall–Kier alpha value is 0.650. The van der Waals surface area contributed by atoms with Gasteiger partial charge in [-0.25, -0.2) is 0 Å². The van der Waals surface area contributed by atoms with E-state index in [1.54, 1.807) is 0 Å². The van der Waals surface area contributed by atoms with Crippen LogP contribution in [0.5, 0.6) is 0 Å². The third-order valence-electron chi connectivity index (χ3n) is 1.41. The average Bonchev–Trinajstić information content (AvgIpc) is 1.96. The van der Waals surface area contributed by atoms with Gasteiger partial charge in [-0.15, -0.1) is 0 Å². The summed E-state index contributed by atoms with van der Waals surface area (Å²) in [6, 6.07) is 0. The third kappa shape index (κ3) is 10.7. The molecule has 0 saturated carbocycles. The van der Waals surface area contributed by atoms with Gasteiger partial charge in [0.15, 0.2) is 0 Å². The van der Waals surface area contributed by atoms with Gasteiger partial charge in [0.25, 0.3) is 0 Å². The van der Waals surface area contributed by atoms with Crippen molar-refractivity contribution in [2.45, 2.75) is 26.7 Å². The van der Waals surface area contributed by atoms with Gasteiger partial charge >= 0.3 is 0 Å². The fourth-order valence-corrected chi connectivity index (χ4v) is 1.03. The number of hydrogen-bond acceptors (Lipinski definition) is 2. The fraction of sp³-hybridized carbons (Fsp3) is 1.00. The van der Waals surface area contributed by atoms with Gasteiger partial charge in [0.2, 0.25) is 0 Å². The third-order valence-corrected chi connectivity index (χ3v) is 1.95. The van der Waals surface area contributed by atoms with Crippen LogP contribution in [0.25, 0.3) is 0 Å². The Labute approximate surface area is 83.6 Å². The number of halogens is 1. The zero-order valence-electron chi connectivity index (χ0n) is 7.40. The van der Waals surface area contributed by atoms with Crippen LogP contribution in [0.4, 0.5) is 0 Å². The molecule has 3 heteroatoms. The summed E-state index contributed by atoms with van der Waals surface area (Å²) in [7, 11) is 0. The molecule has 0 aromatic carbocycles. The van der Waals surface area contributed by atoms with Crippen molar-refractivity contribution in [2.24, 2.45) is 5.92 Å². The van der Waals surface area contributed by atoms with E-state index >= 15 is 0 Å². The minimum atomic E-state index is 0.807. The van der Waals surface area contributed by atoms with Crippen LogP contribution in [0.1, 0.15) is 26.7 Å². The lowest BCUT2D eigenvalue weighted by Gasteiger charge is -2.04. The lowest BCUT2D eigenvalue weighted by molar-refractivity contribution is 0.134. The predicted octanol–water partition coefficient (Wildman–Crippen LogP) is 2.38. The summed E-state index contributed by atoms with van der Waals surface area (Å²) >= 11 is 2.13. The first kappa shape index (κ1) is 11.6. The van der Waals surface area contributed by atoms with Gasteiger partial charge in [-0.2, -0.15) is 0 Å².